The number of hydrogen-bond acceptors (Lipinski definition) is 2. The number of nitrogens with one attached hydrogen (secondary N) is 3. The molecule has 3 aromatic rings. The van der Waals surface area contributed by atoms with Crippen LogP contribution in [0, 0.1) is 0 Å². The summed E-state index contributed by atoms with van der Waals surface area (Å²) in [5.74, 6) is -0.190. The molecule has 0 bridgehead atoms. The number of fused-ring (bicyclic) bond motifs is 2. The third kappa shape index (κ3) is 2.13. The molecule has 0 radical (unpaired) electrons. The molecule has 0 aliphatic carbocycles. The van der Waals surface area contributed by atoms with E-state index >= 15 is 0 Å². The number of anilines is 2. The van der Waals surface area contributed by atoms with Gasteiger partial charge >= 0.3 is 0 Å². The van der Waals surface area contributed by atoms with Gasteiger partial charge in [0, 0.05) is 28.7 Å². The van der Waals surface area contributed by atoms with E-state index in [0.29, 0.717) is 17.7 Å². The van der Waals surface area contributed by atoms with Crippen LogP contribution in [0.2, 0.25) is 0 Å². The van der Waals surface area contributed by atoms with Crippen LogP contribution < -0.4 is 10.6 Å². The predicted molar refractivity (Wildman–Crippen MR) is 85.0 cm³/mol. The highest BCUT2D eigenvalue weighted by Crippen LogP contribution is 2.26. The highest BCUT2D eigenvalue weighted by Gasteiger charge is 2.18. The number of hydrogen-bond donors (Lipinski definition) is 3. The molecule has 3 N–H and O–H groups in total. The lowest BCUT2D eigenvalue weighted by molar-refractivity contribution is -0.115. The van der Waals surface area contributed by atoms with Crippen molar-refractivity contribution < 1.29 is 9.59 Å². The lowest BCUT2D eigenvalue weighted by Gasteiger charge is -2.07. The normalized spacial score (nSPS) is 13.0. The summed E-state index contributed by atoms with van der Waals surface area (Å²) in [6.07, 6.45) is 2.20. The maximum absolute atomic E-state index is 12.3. The van der Waals surface area contributed by atoms with Crippen molar-refractivity contribution in [1.29, 1.82) is 0 Å². The molecule has 0 unspecified atom stereocenters. The van der Waals surface area contributed by atoms with E-state index in [9.17, 15) is 9.59 Å². The molecule has 5 nitrogen and oxygen atoms in total. The zero-order valence-electron chi connectivity index (χ0n) is 11.6. The second-order valence-electron chi connectivity index (χ2n) is 5.33. The molecular formula is C17H13N3O2. The second kappa shape index (κ2) is 4.73. The van der Waals surface area contributed by atoms with E-state index in [1.807, 2.05) is 36.5 Å². The number of aromatic nitrogens is 1. The minimum absolute atomic E-state index is 0.0179. The smallest absolute Gasteiger partial charge is 0.255 e. The molecule has 4 rings (SSSR count). The van der Waals surface area contributed by atoms with Crippen molar-refractivity contribution in [3.63, 3.8) is 0 Å². The Labute approximate surface area is 126 Å². The lowest BCUT2D eigenvalue weighted by atomic mass is 10.1. The second-order valence-corrected chi connectivity index (χ2v) is 5.33. The first-order chi connectivity index (χ1) is 10.7. The summed E-state index contributed by atoms with van der Waals surface area (Å²) in [5, 5.41) is 6.71. The summed E-state index contributed by atoms with van der Waals surface area (Å²) in [6.45, 7) is 0. The fraction of sp³-hybridized carbons (Fsp3) is 0.0588. The average molecular weight is 291 g/mol. The van der Waals surface area contributed by atoms with Crippen LogP contribution in [0.1, 0.15) is 15.9 Å². The Hall–Kier alpha value is -3.08. The van der Waals surface area contributed by atoms with E-state index in [0.717, 1.165) is 22.2 Å². The molecule has 1 aromatic heterocycles. The summed E-state index contributed by atoms with van der Waals surface area (Å²) >= 11 is 0. The predicted octanol–water partition coefficient (Wildman–Crippen LogP) is 2.91. The van der Waals surface area contributed by atoms with Gasteiger partial charge in [-0.15, -0.1) is 0 Å². The van der Waals surface area contributed by atoms with E-state index in [-0.39, 0.29) is 11.8 Å². The molecule has 1 aliphatic rings. The molecular weight excluding hydrogens is 278 g/mol. The third-order valence-electron chi connectivity index (χ3n) is 3.81. The maximum Gasteiger partial charge on any atom is 0.255 e. The van der Waals surface area contributed by atoms with Crippen LogP contribution in [0.3, 0.4) is 0 Å². The standard InChI is InChI=1S/C17H13N3O2/c21-16-9-12-7-13(3-4-14(12)20-16)19-17(22)11-2-1-10-5-6-18-15(10)8-11/h1-8,18H,9H2,(H,19,22)(H,20,21). The average Bonchev–Trinajstić information content (AvgIpc) is 3.10. The van der Waals surface area contributed by atoms with Gasteiger partial charge in [0.2, 0.25) is 5.91 Å². The topological polar surface area (TPSA) is 74.0 Å². The number of benzene rings is 2. The van der Waals surface area contributed by atoms with Crippen molar-refractivity contribution in [2.24, 2.45) is 0 Å². The van der Waals surface area contributed by atoms with Gasteiger partial charge in [-0.2, -0.15) is 0 Å². The largest absolute Gasteiger partial charge is 0.361 e. The molecule has 0 atom stereocenters. The molecule has 2 amide bonds. The van der Waals surface area contributed by atoms with Gasteiger partial charge in [-0.05, 0) is 47.3 Å². The Bertz CT molecular complexity index is 911. The quantitative estimate of drug-likeness (QED) is 0.679. The number of amides is 2. The highest BCUT2D eigenvalue weighted by molar-refractivity contribution is 6.07. The molecule has 0 saturated heterocycles. The van der Waals surface area contributed by atoms with Gasteiger partial charge in [0.25, 0.3) is 5.91 Å². The summed E-state index contributed by atoms with van der Waals surface area (Å²) in [4.78, 5) is 26.8. The molecule has 0 spiro atoms. The zero-order chi connectivity index (χ0) is 15.1. The summed E-state index contributed by atoms with van der Waals surface area (Å²) in [5.41, 5.74) is 3.92. The van der Waals surface area contributed by atoms with Crippen molar-refractivity contribution in [3.8, 4) is 0 Å². The van der Waals surface area contributed by atoms with E-state index in [1.54, 1.807) is 12.1 Å². The number of H-pyrrole nitrogens is 1. The number of rotatable bonds is 2. The van der Waals surface area contributed by atoms with E-state index < -0.39 is 0 Å². The molecule has 5 heteroatoms. The molecule has 0 fully saturated rings. The first-order valence-electron chi connectivity index (χ1n) is 7.00. The summed E-state index contributed by atoms with van der Waals surface area (Å²) < 4.78 is 0. The number of aromatic amines is 1. The van der Waals surface area contributed by atoms with Crippen molar-refractivity contribution in [1.82, 2.24) is 4.98 Å². The highest BCUT2D eigenvalue weighted by atomic mass is 16.2. The third-order valence-corrected chi connectivity index (χ3v) is 3.81. The van der Waals surface area contributed by atoms with Gasteiger partial charge in [0.05, 0.1) is 6.42 Å². The first-order valence-corrected chi connectivity index (χ1v) is 7.00. The lowest BCUT2D eigenvalue weighted by Crippen LogP contribution is -2.11. The monoisotopic (exact) mass is 291 g/mol. The van der Waals surface area contributed by atoms with Crippen LogP contribution >= 0.6 is 0 Å². The van der Waals surface area contributed by atoms with Crippen LogP contribution in [0.25, 0.3) is 10.9 Å². The Morgan fingerprint density at radius 1 is 1.09 bits per heavy atom. The van der Waals surface area contributed by atoms with Crippen LogP contribution in [0.5, 0.6) is 0 Å². The van der Waals surface area contributed by atoms with Gasteiger partial charge in [0.15, 0.2) is 0 Å². The van der Waals surface area contributed by atoms with Crippen LogP contribution in [-0.4, -0.2) is 16.8 Å². The first kappa shape index (κ1) is 12.6. The van der Waals surface area contributed by atoms with Gasteiger partial charge in [-0.3, -0.25) is 9.59 Å². The zero-order valence-corrected chi connectivity index (χ0v) is 11.6. The van der Waals surface area contributed by atoms with E-state index in [1.165, 1.54) is 0 Å². The van der Waals surface area contributed by atoms with Crippen LogP contribution in [-0.2, 0) is 11.2 Å². The summed E-state index contributed by atoms with van der Waals surface area (Å²) in [7, 11) is 0. The summed E-state index contributed by atoms with van der Waals surface area (Å²) in [6, 6.07) is 12.9. The Balaban J connectivity index is 1.59. The van der Waals surface area contributed by atoms with Gasteiger partial charge in [0.1, 0.15) is 0 Å². The molecule has 2 heterocycles. The molecule has 2 aromatic carbocycles. The SMILES string of the molecule is O=C1Cc2cc(NC(=O)c3ccc4cc[nH]c4c3)ccc2N1. The Kier molecular flexibility index (Phi) is 2.72. The van der Waals surface area contributed by atoms with Crippen LogP contribution in [0.15, 0.2) is 48.7 Å². The van der Waals surface area contributed by atoms with E-state index in [4.69, 9.17) is 0 Å². The maximum atomic E-state index is 12.3. The van der Waals surface area contributed by atoms with Crippen molar-refractivity contribution >= 4 is 34.1 Å². The number of carbonyl (C=O) groups is 2. The molecule has 0 saturated carbocycles. The van der Waals surface area contributed by atoms with Gasteiger partial charge in [-0.25, -0.2) is 0 Å². The molecule has 1 aliphatic heterocycles. The molecule has 22 heavy (non-hydrogen) atoms. The van der Waals surface area contributed by atoms with E-state index in [2.05, 4.69) is 15.6 Å². The van der Waals surface area contributed by atoms with Crippen molar-refractivity contribution in [2.75, 3.05) is 10.6 Å². The van der Waals surface area contributed by atoms with Crippen molar-refractivity contribution in [2.45, 2.75) is 6.42 Å². The van der Waals surface area contributed by atoms with Gasteiger partial charge in [-0.1, -0.05) is 6.07 Å². The van der Waals surface area contributed by atoms with Gasteiger partial charge < -0.3 is 15.6 Å². The minimum Gasteiger partial charge on any atom is -0.361 e. The van der Waals surface area contributed by atoms with Crippen LogP contribution in [0.4, 0.5) is 11.4 Å². The number of carbonyl (C=O) groups excluding carboxylic acids is 2. The van der Waals surface area contributed by atoms with Crippen molar-refractivity contribution in [3.05, 3.63) is 59.8 Å². The fourth-order valence-electron chi connectivity index (χ4n) is 2.70. The Morgan fingerprint density at radius 2 is 2.00 bits per heavy atom. The molecule has 108 valence electrons. The fourth-order valence-corrected chi connectivity index (χ4v) is 2.70. The minimum atomic E-state index is -0.172. The Morgan fingerprint density at radius 3 is 2.91 bits per heavy atom.